The van der Waals surface area contributed by atoms with Crippen LogP contribution in [0.4, 0.5) is 0 Å². The molecule has 0 aromatic rings. The van der Waals surface area contributed by atoms with Gasteiger partial charge in [0.05, 0.1) is 19.8 Å². The summed E-state index contributed by atoms with van der Waals surface area (Å²) in [5, 5.41) is 87.2. The fourth-order valence-corrected chi connectivity index (χ4v) is 2.99. The van der Waals surface area contributed by atoms with Gasteiger partial charge in [0, 0.05) is 6.54 Å². The van der Waals surface area contributed by atoms with Crippen molar-refractivity contribution in [3.8, 4) is 0 Å². The van der Waals surface area contributed by atoms with Crippen LogP contribution < -0.4 is 0 Å². The van der Waals surface area contributed by atoms with Gasteiger partial charge in [0.25, 0.3) is 0 Å². The molecule has 14 nitrogen and oxygen atoms in total. The Morgan fingerprint density at radius 3 is 1.83 bits per heavy atom. The predicted molar refractivity (Wildman–Crippen MR) is 88.8 cm³/mol. The van der Waals surface area contributed by atoms with Crippen LogP contribution in [0.15, 0.2) is 0 Å². The highest BCUT2D eigenvalue weighted by atomic mass is 16.8. The van der Waals surface area contributed by atoms with E-state index in [1.165, 1.54) is 0 Å². The molecule has 14 heteroatoms. The molecule has 2 aliphatic rings. The minimum absolute atomic E-state index is 0.0945. The Bertz CT molecular complexity index is 483. The van der Waals surface area contributed by atoms with Gasteiger partial charge in [-0.1, -0.05) is 0 Å². The van der Waals surface area contributed by atoms with Crippen molar-refractivity contribution in [2.45, 2.75) is 67.8 Å². The van der Waals surface area contributed by atoms with E-state index in [4.69, 9.17) is 29.3 Å². The van der Waals surface area contributed by atoms with Gasteiger partial charge < -0.3 is 65.1 Å². The van der Waals surface area contributed by atoms with Crippen molar-refractivity contribution in [2.24, 2.45) is 0 Å². The third kappa shape index (κ3) is 6.22. The van der Waals surface area contributed by atoms with Gasteiger partial charge in [-0.3, -0.25) is 5.23 Å². The highest BCUT2D eigenvalue weighted by Gasteiger charge is 2.47. The lowest BCUT2D eigenvalue weighted by atomic mass is 9.98. The van der Waals surface area contributed by atoms with Crippen LogP contribution in [0.3, 0.4) is 0 Å². The summed E-state index contributed by atoms with van der Waals surface area (Å²) in [5.74, 6) is 0. The number of nitrogens with zero attached hydrogens (tertiary/aromatic N) is 1. The van der Waals surface area contributed by atoms with Gasteiger partial charge in [0.1, 0.15) is 48.8 Å². The number of hydrogen-bond donors (Lipinski definition) is 8. The highest BCUT2D eigenvalue weighted by Crippen LogP contribution is 2.26. The zero-order valence-corrected chi connectivity index (χ0v) is 15.4. The molecule has 172 valence electrons. The predicted octanol–water partition coefficient (Wildman–Crippen LogP) is -4.79. The van der Waals surface area contributed by atoms with E-state index in [-0.39, 0.29) is 24.8 Å². The molecule has 10 atom stereocenters. The molecule has 0 radical (unpaired) electrons. The van der Waals surface area contributed by atoms with E-state index in [0.717, 1.165) is 0 Å². The second-order valence-corrected chi connectivity index (χ2v) is 6.85. The molecule has 2 rings (SSSR count). The lowest BCUT2D eigenvalue weighted by Gasteiger charge is -2.42. The monoisotopic (exact) mass is 430 g/mol. The minimum Gasteiger partial charge on any atom is -0.762 e. The Morgan fingerprint density at radius 1 is 0.759 bits per heavy atom. The molecule has 0 spiro atoms. The fraction of sp³-hybridized carbons (Fsp3) is 1.00. The molecule has 8 N–H and O–H groups in total. The number of hydrogen-bond acceptors (Lipinski definition) is 14. The van der Waals surface area contributed by atoms with E-state index >= 15 is 0 Å². The zero-order valence-electron chi connectivity index (χ0n) is 15.4. The van der Waals surface area contributed by atoms with Crippen molar-refractivity contribution in [1.82, 2.24) is 5.23 Å². The zero-order chi connectivity index (χ0) is 21.7. The average molecular weight is 430 g/mol. The number of ether oxygens (including phenoxy) is 4. The van der Waals surface area contributed by atoms with E-state index in [0.29, 0.717) is 0 Å². The van der Waals surface area contributed by atoms with Gasteiger partial charge in [-0.05, 0) is 6.42 Å². The molecular weight excluding hydrogens is 402 g/mol. The summed E-state index contributed by atoms with van der Waals surface area (Å²) in [6, 6.07) is 0. The number of hydroxylamine groups is 2. The normalized spacial score (nSPS) is 43.7. The molecule has 2 aliphatic heterocycles. The molecule has 0 aliphatic carbocycles. The third-order valence-corrected chi connectivity index (χ3v) is 4.72. The Hall–Kier alpha value is -0.560. The number of aliphatic hydroxyl groups excluding tert-OH is 7. The average Bonchev–Trinajstić information content (AvgIpc) is 2.69. The Balaban J connectivity index is 1.91. The van der Waals surface area contributed by atoms with Gasteiger partial charge in [-0.2, -0.15) is 0 Å². The van der Waals surface area contributed by atoms with Crippen LogP contribution in [0.2, 0.25) is 0 Å². The largest absolute Gasteiger partial charge is 0.762 e. The standard InChI is InChI=1S/C15H28NO13/c17-4-6-8(18)10(20)13(23)15(28-6)27-5-7-9(19)11(21)12(22)14(29-7)26-3-1-2-16(24)25/h6-15,17-24H,1-5H2/q-1/t6-,7-,8-,9-,10+,11+,12-,13-,14-,15-/m1/s1. The molecule has 0 aromatic heterocycles. The molecule has 0 bridgehead atoms. The van der Waals surface area contributed by atoms with Crippen molar-refractivity contribution < 1.29 is 59.9 Å². The summed E-state index contributed by atoms with van der Waals surface area (Å²) in [6.45, 7) is -1.48. The second kappa shape index (κ2) is 11.2. The Morgan fingerprint density at radius 2 is 1.28 bits per heavy atom. The van der Waals surface area contributed by atoms with Gasteiger partial charge in [0.15, 0.2) is 12.6 Å². The summed E-state index contributed by atoms with van der Waals surface area (Å²) < 4.78 is 21.0. The van der Waals surface area contributed by atoms with E-state index < -0.39 is 74.6 Å². The number of rotatable bonds is 9. The van der Waals surface area contributed by atoms with Crippen molar-refractivity contribution in [2.75, 3.05) is 26.4 Å². The summed E-state index contributed by atoms with van der Waals surface area (Å²) in [7, 11) is 0. The smallest absolute Gasteiger partial charge is 0.186 e. The van der Waals surface area contributed by atoms with Crippen LogP contribution in [-0.4, -0.2) is 134 Å². The maximum atomic E-state index is 10.4. The maximum Gasteiger partial charge on any atom is 0.186 e. The summed E-state index contributed by atoms with van der Waals surface area (Å²) >= 11 is 0. The molecule has 0 saturated carbocycles. The first-order valence-corrected chi connectivity index (χ1v) is 9.04. The molecular formula is C15H28NO13-. The van der Waals surface area contributed by atoms with Gasteiger partial charge in [-0.15, -0.1) is 0 Å². The first-order valence-electron chi connectivity index (χ1n) is 9.04. The molecule has 2 heterocycles. The van der Waals surface area contributed by atoms with E-state index in [1.54, 1.807) is 0 Å². The molecule has 29 heavy (non-hydrogen) atoms. The topological polar surface area (TPSA) is 225 Å². The van der Waals surface area contributed by atoms with Crippen LogP contribution in [0, 0.1) is 5.21 Å². The van der Waals surface area contributed by atoms with E-state index in [2.05, 4.69) is 0 Å². The molecule has 0 unspecified atom stereocenters. The van der Waals surface area contributed by atoms with E-state index in [1.807, 2.05) is 0 Å². The van der Waals surface area contributed by atoms with Crippen molar-refractivity contribution >= 4 is 0 Å². The molecule has 0 amide bonds. The first kappa shape index (κ1) is 24.7. The quantitative estimate of drug-likeness (QED) is 0.127. The van der Waals surface area contributed by atoms with Crippen LogP contribution in [-0.2, 0) is 18.9 Å². The summed E-state index contributed by atoms with van der Waals surface area (Å²) in [4.78, 5) is 0. The maximum absolute atomic E-state index is 10.4. The summed E-state index contributed by atoms with van der Waals surface area (Å²) in [5.41, 5.74) is 0. The lowest BCUT2D eigenvalue weighted by molar-refractivity contribution is -0.331. The minimum atomic E-state index is -1.66. The SMILES string of the molecule is [O-]N(O)CCCO[C@@H]1O[C@H](CO[C@@H]2O[C@H](CO)[C@@H](O)[C@H](O)[C@H]2O)[C@@H](O)[C@H](O)[C@H]1O. The fourth-order valence-electron chi connectivity index (χ4n) is 2.99. The van der Waals surface area contributed by atoms with Gasteiger partial charge >= 0.3 is 0 Å². The van der Waals surface area contributed by atoms with Crippen LogP contribution >= 0.6 is 0 Å². The van der Waals surface area contributed by atoms with Crippen molar-refractivity contribution in [3.63, 3.8) is 0 Å². The lowest BCUT2D eigenvalue weighted by Crippen LogP contribution is -2.61. The van der Waals surface area contributed by atoms with Crippen molar-refractivity contribution in [1.29, 1.82) is 0 Å². The van der Waals surface area contributed by atoms with Gasteiger partial charge in [0.2, 0.25) is 0 Å². The summed E-state index contributed by atoms with van der Waals surface area (Å²) in [6.07, 6.45) is -14.9. The first-order chi connectivity index (χ1) is 13.7. The second-order valence-electron chi connectivity index (χ2n) is 6.85. The van der Waals surface area contributed by atoms with Crippen LogP contribution in [0.5, 0.6) is 0 Å². The molecule has 2 fully saturated rings. The Kier molecular flexibility index (Phi) is 9.52. The van der Waals surface area contributed by atoms with E-state index in [9.17, 15) is 35.8 Å². The third-order valence-electron chi connectivity index (χ3n) is 4.72. The van der Waals surface area contributed by atoms with Crippen molar-refractivity contribution in [3.05, 3.63) is 5.21 Å². The number of aliphatic hydroxyl groups is 7. The van der Waals surface area contributed by atoms with Crippen LogP contribution in [0.1, 0.15) is 6.42 Å². The van der Waals surface area contributed by atoms with Gasteiger partial charge in [-0.25, -0.2) is 0 Å². The molecule has 2 saturated heterocycles. The Labute approximate surface area is 165 Å². The molecule has 0 aromatic carbocycles. The van der Waals surface area contributed by atoms with Crippen LogP contribution in [0.25, 0.3) is 0 Å². The highest BCUT2D eigenvalue weighted by molar-refractivity contribution is 4.91.